The number of hydrogen-bond donors (Lipinski definition) is 1. The van der Waals surface area contributed by atoms with Crippen LogP contribution in [0.3, 0.4) is 0 Å². The molecule has 1 heterocycles. The number of carbonyl (C=O) groups excluding carboxylic acids is 2. The highest BCUT2D eigenvalue weighted by Gasteiger charge is 2.14. The summed E-state index contributed by atoms with van der Waals surface area (Å²) in [7, 11) is 0. The molecule has 1 amide bonds. The summed E-state index contributed by atoms with van der Waals surface area (Å²) in [5.41, 5.74) is 4.27. The molecule has 0 spiro atoms. The molecule has 120 valence electrons. The third kappa shape index (κ3) is 4.05. The van der Waals surface area contributed by atoms with Crippen molar-refractivity contribution in [2.45, 2.75) is 45.4 Å². The lowest BCUT2D eigenvalue weighted by molar-refractivity contribution is -0.116. The van der Waals surface area contributed by atoms with E-state index in [1.165, 1.54) is 35.3 Å². The fourth-order valence-corrected chi connectivity index (χ4v) is 3.58. The van der Waals surface area contributed by atoms with Crippen molar-refractivity contribution in [1.82, 2.24) is 4.98 Å². The number of aromatic nitrogens is 1. The number of fused-ring (bicyclic) bond motifs is 1. The molecule has 0 fully saturated rings. The van der Waals surface area contributed by atoms with Crippen molar-refractivity contribution < 1.29 is 9.59 Å². The number of Topliss-reactive ketones (excluding diaryl/α,β-unsaturated/α-hetero) is 1. The molecule has 0 saturated carbocycles. The molecule has 23 heavy (non-hydrogen) atoms. The minimum atomic E-state index is -0.161. The molecule has 0 bridgehead atoms. The van der Waals surface area contributed by atoms with Gasteiger partial charge in [0, 0.05) is 23.8 Å². The van der Waals surface area contributed by atoms with Crippen LogP contribution >= 0.6 is 11.3 Å². The quantitative estimate of drug-likeness (QED) is 0.846. The summed E-state index contributed by atoms with van der Waals surface area (Å²) in [4.78, 5) is 28.4. The number of benzene rings is 1. The third-order valence-electron chi connectivity index (χ3n) is 4.11. The first-order chi connectivity index (χ1) is 11.1. The van der Waals surface area contributed by atoms with Crippen LogP contribution in [-0.4, -0.2) is 16.7 Å². The van der Waals surface area contributed by atoms with Gasteiger partial charge >= 0.3 is 0 Å². The fraction of sp³-hybridized carbons (Fsp3) is 0.389. The predicted molar refractivity (Wildman–Crippen MR) is 92.1 cm³/mol. The van der Waals surface area contributed by atoms with Crippen LogP contribution in [0.25, 0.3) is 0 Å². The van der Waals surface area contributed by atoms with Gasteiger partial charge in [-0.1, -0.05) is 12.1 Å². The molecule has 0 saturated heterocycles. The molecule has 0 aliphatic heterocycles. The van der Waals surface area contributed by atoms with Gasteiger partial charge in [0.25, 0.3) is 0 Å². The van der Waals surface area contributed by atoms with Crippen molar-refractivity contribution in [3.63, 3.8) is 0 Å². The average Bonchev–Trinajstić information content (AvgIpc) is 2.97. The summed E-state index contributed by atoms with van der Waals surface area (Å²) in [6, 6.07) is 5.98. The largest absolute Gasteiger partial charge is 0.302 e. The van der Waals surface area contributed by atoms with Gasteiger partial charge in [-0.05, 0) is 49.8 Å². The van der Waals surface area contributed by atoms with Gasteiger partial charge < -0.3 is 5.32 Å². The van der Waals surface area contributed by atoms with Crippen molar-refractivity contribution in [3.05, 3.63) is 46.0 Å². The van der Waals surface area contributed by atoms with Gasteiger partial charge in [0.2, 0.25) is 5.91 Å². The van der Waals surface area contributed by atoms with Crippen molar-refractivity contribution in [3.8, 4) is 0 Å². The molecule has 5 heteroatoms. The lowest BCUT2D eigenvalue weighted by Crippen LogP contribution is -2.14. The molecule has 1 aromatic heterocycles. The average molecular weight is 328 g/mol. The summed E-state index contributed by atoms with van der Waals surface area (Å²) in [5.74, 6) is -0.130. The SMILES string of the molecule is Cc1csc(NC(=O)CCC(=O)c2ccc3c(c2)CCCC3)n1. The first-order valence-corrected chi connectivity index (χ1v) is 8.87. The van der Waals surface area contributed by atoms with Crippen LogP contribution < -0.4 is 5.32 Å². The highest BCUT2D eigenvalue weighted by Crippen LogP contribution is 2.23. The minimum absolute atomic E-state index is 0.0313. The van der Waals surface area contributed by atoms with Gasteiger partial charge in [-0.3, -0.25) is 9.59 Å². The van der Waals surface area contributed by atoms with Crippen LogP contribution in [0.1, 0.15) is 52.9 Å². The van der Waals surface area contributed by atoms with Gasteiger partial charge in [-0.2, -0.15) is 0 Å². The Balaban J connectivity index is 1.55. The molecular formula is C18H20N2O2S. The summed E-state index contributed by atoms with van der Waals surface area (Å²) < 4.78 is 0. The van der Waals surface area contributed by atoms with Gasteiger partial charge in [0.05, 0.1) is 5.69 Å². The Bertz CT molecular complexity index is 736. The number of nitrogens with one attached hydrogen (secondary N) is 1. The number of thiazole rings is 1. The molecule has 1 aliphatic rings. The van der Waals surface area contributed by atoms with Crippen molar-refractivity contribution >= 4 is 28.2 Å². The second-order valence-corrected chi connectivity index (χ2v) is 6.81. The molecule has 4 nitrogen and oxygen atoms in total. The summed E-state index contributed by atoms with van der Waals surface area (Å²) in [6.45, 7) is 1.88. The first-order valence-electron chi connectivity index (χ1n) is 7.99. The van der Waals surface area contributed by atoms with E-state index >= 15 is 0 Å². The maximum absolute atomic E-state index is 12.3. The zero-order valence-corrected chi connectivity index (χ0v) is 14.0. The molecule has 0 atom stereocenters. The van der Waals surface area contributed by atoms with Crippen molar-refractivity contribution in [2.75, 3.05) is 5.32 Å². The van der Waals surface area contributed by atoms with Gasteiger partial charge in [-0.25, -0.2) is 4.98 Å². The predicted octanol–water partition coefficient (Wildman–Crippen LogP) is 3.93. The highest BCUT2D eigenvalue weighted by molar-refractivity contribution is 7.13. The van der Waals surface area contributed by atoms with E-state index in [1.807, 2.05) is 24.4 Å². The maximum Gasteiger partial charge on any atom is 0.226 e. The smallest absolute Gasteiger partial charge is 0.226 e. The van der Waals surface area contributed by atoms with Crippen molar-refractivity contribution in [1.29, 1.82) is 0 Å². The van der Waals surface area contributed by atoms with Crippen LogP contribution in [0.4, 0.5) is 5.13 Å². The van der Waals surface area contributed by atoms with Crippen LogP contribution in [0.15, 0.2) is 23.6 Å². The summed E-state index contributed by atoms with van der Waals surface area (Å²) in [5, 5.41) is 5.21. The zero-order valence-electron chi connectivity index (χ0n) is 13.2. The normalized spacial score (nSPS) is 13.4. The van der Waals surface area contributed by atoms with Crippen LogP contribution in [-0.2, 0) is 17.6 Å². The van der Waals surface area contributed by atoms with Crippen LogP contribution in [0.5, 0.6) is 0 Å². The number of nitrogens with zero attached hydrogens (tertiary/aromatic N) is 1. The van der Waals surface area contributed by atoms with Gasteiger partial charge in [0.1, 0.15) is 0 Å². The van der Waals surface area contributed by atoms with Gasteiger partial charge in [0.15, 0.2) is 10.9 Å². The van der Waals surface area contributed by atoms with E-state index in [0.717, 1.165) is 24.1 Å². The van der Waals surface area contributed by atoms with E-state index in [9.17, 15) is 9.59 Å². The fourth-order valence-electron chi connectivity index (χ4n) is 2.87. The molecule has 3 rings (SSSR count). The van der Waals surface area contributed by atoms with E-state index in [-0.39, 0.29) is 24.5 Å². The summed E-state index contributed by atoms with van der Waals surface area (Å²) in [6.07, 6.45) is 5.01. The van der Waals surface area contributed by atoms with E-state index in [1.54, 1.807) is 0 Å². The molecule has 1 aromatic carbocycles. The van der Waals surface area contributed by atoms with Crippen LogP contribution in [0, 0.1) is 6.92 Å². The lowest BCUT2D eigenvalue weighted by atomic mass is 9.89. The Hall–Kier alpha value is -2.01. The Morgan fingerprint density at radius 1 is 1.17 bits per heavy atom. The Morgan fingerprint density at radius 2 is 1.96 bits per heavy atom. The van der Waals surface area contributed by atoms with E-state index in [2.05, 4.69) is 16.4 Å². The standard InChI is InChI=1S/C18H20N2O2S/c1-12-11-23-18(19-12)20-17(22)9-8-16(21)15-7-6-13-4-2-3-5-14(13)10-15/h6-7,10-11H,2-5,8-9H2,1H3,(H,19,20,22). The number of ketones is 1. The molecule has 0 radical (unpaired) electrons. The maximum atomic E-state index is 12.3. The molecular weight excluding hydrogens is 308 g/mol. The van der Waals surface area contributed by atoms with Crippen molar-refractivity contribution in [2.24, 2.45) is 0 Å². The Labute approximate surface area is 140 Å². The summed E-state index contributed by atoms with van der Waals surface area (Å²) >= 11 is 1.40. The number of anilines is 1. The Morgan fingerprint density at radius 3 is 2.70 bits per heavy atom. The molecule has 1 N–H and O–H groups in total. The second-order valence-electron chi connectivity index (χ2n) is 5.96. The number of amides is 1. The number of rotatable bonds is 5. The molecule has 2 aromatic rings. The topological polar surface area (TPSA) is 59.1 Å². The first kappa shape index (κ1) is 15.9. The van der Waals surface area contributed by atoms with E-state index < -0.39 is 0 Å². The van der Waals surface area contributed by atoms with E-state index in [4.69, 9.17) is 0 Å². The third-order valence-corrected chi connectivity index (χ3v) is 4.99. The second kappa shape index (κ2) is 7.04. The molecule has 0 unspecified atom stereocenters. The van der Waals surface area contributed by atoms with Gasteiger partial charge in [-0.15, -0.1) is 11.3 Å². The Kier molecular flexibility index (Phi) is 4.86. The highest BCUT2D eigenvalue weighted by atomic mass is 32.1. The zero-order chi connectivity index (χ0) is 16.2. The lowest BCUT2D eigenvalue weighted by Gasteiger charge is -2.16. The van der Waals surface area contributed by atoms with Crippen LogP contribution in [0.2, 0.25) is 0 Å². The minimum Gasteiger partial charge on any atom is -0.302 e. The number of aryl methyl sites for hydroxylation is 3. The van der Waals surface area contributed by atoms with E-state index in [0.29, 0.717) is 5.13 Å². The number of hydrogen-bond acceptors (Lipinski definition) is 4. The monoisotopic (exact) mass is 328 g/mol. The number of carbonyl (C=O) groups is 2. The molecule has 1 aliphatic carbocycles.